The average Bonchev–Trinajstić information content (AvgIpc) is 3.56. The van der Waals surface area contributed by atoms with Crippen LogP contribution < -0.4 is 0 Å². The second-order valence-electron chi connectivity index (χ2n) is 11.4. The monoisotopic (exact) mass is 748 g/mol. The molecule has 2 aliphatic heterocycles. The fraction of sp³-hybridized carbons (Fsp3) is 0.806. The molecule has 0 bridgehead atoms. The Morgan fingerprint density at radius 1 is 0.771 bits per heavy atom. The topological polar surface area (TPSA) is 187 Å². The van der Waals surface area contributed by atoms with Crippen LogP contribution in [0.5, 0.6) is 0 Å². The lowest BCUT2D eigenvalue weighted by Crippen LogP contribution is -2.42. The predicted octanol–water partition coefficient (Wildman–Crippen LogP) is 3.89. The third-order valence-corrected chi connectivity index (χ3v) is 8.50. The van der Waals surface area contributed by atoms with Crippen LogP contribution in [0.1, 0.15) is 87.5 Å². The Morgan fingerprint density at radius 3 is 1.52 bits per heavy atom. The van der Waals surface area contributed by atoms with Gasteiger partial charge in [0.25, 0.3) is 10.1 Å². The molecular formula is C31H53ClO14S2. The van der Waals surface area contributed by atoms with Crippen molar-refractivity contribution in [1.29, 1.82) is 0 Å². The number of carbonyl (C=O) groups is 2. The third-order valence-electron chi connectivity index (χ3n) is 7.91. The molecule has 48 heavy (non-hydrogen) atoms. The fourth-order valence-corrected chi connectivity index (χ4v) is 6.22. The number of esters is 2. The Morgan fingerprint density at radius 2 is 1.15 bits per heavy atom. The van der Waals surface area contributed by atoms with Gasteiger partial charge in [-0.3, -0.25) is 4.18 Å². The zero-order valence-electron chi connectivity index (χ0n) is 28.2. The highest BCUT2D eigenvalue weighted by molar-refractivity contribution is 8.13. The minimum atomic E-state index is -3.69. The van der Waals surface area contributed by atoms with Crippen LogP contribution in [0.25, 0.3) is 0 Å². The van der Waals surface area contributed by atoms with E-state index in [1.807, 2.05) is 27.7 Å². The summed E-state index contributed by atoms with van der Waals surface area (Å²) in [6, 6.07) is 0. The highest BCUT2D eigenvalue weighted by atomic mass is 35.7. The Kier molecular flexibility index (Phi) is 17.2. The van der Waals surface area contributed by atoms with Crippen LogP contribution in [0.15, 0.2) is 23.3 Å². The number of hydrogen-bond donors (Lipinski definition) is 1. The minimum Gasteiger partial charge on any atom is -0.463 e. The van der Waals surface area contributed by atoms with Gasteiger partial charge in [0, 0.05) is 34.7 Å². The lowest BCUT2D eigenvalue weighted by Gasteiger charge is -2.29. The summed E-state index contributed by atoms with van der Waals surface area (Å²) in [5, 5.41) is 10.1. The molecule has 0 unspecified atom stereocenters. The standard InChI is InChI=1S/C15H24O7S.C14H22O5.CH3ClO2S.CH4/c1-5-15(6-2)20-11-8-10(14(16)19-7-3)9-12(13(11)21-15)22-23(4,17)18;1-4-14(5-2)18-11-8-9(13(16)17-6-3)7-10(15)12(11)19-14;1-5(2,3)4;/h8,11-13H,5-7,9H2,1-4H3;8,10-12,15H,4-7H2,1-3H3;1H3;1H4/t11-,12-,13-;10-,11-,12+;;/m11../s1. The summed E-state index contributed by atoms with van der Waals surface area (Å²) in [6.07, 6.45) is 4.94. The molecule has 280 valence electrons. The summed E-state index contributed by atoms with van der Waals surface area (Å²) in [6.45, 7) is 11.9. The summed E-state index contributed by atoms with van der Waals surface area (Å²) in [4.78, 5) is 23.7. The van der Waals surface area contributed by atoms with Gasteiger partial charge in [0.15, 0.2) is 11.6 Å². The molecule has 14 nitrogen and oxygen atoms in total. The Balaban J connectivity index is 0.000000418. The molecular weight excluding hydrogens is 696 g/mol. The van der Waals surface area contributed by atoms with E-state index in [0.717, 1.165) is 12.5 Å². The van der Waals surface area contributed by atoms with E-state index in [9.17, 15) is 31.5 Å². The number of ether oxygens (including phenoxy) is 6. The molecule has 0 saturated carbocycles. The summed E-state index contributed by atoms with van der Waals surface area (Å²) in [5.41, 5.74) is 0.829. The van der Waals surface area contributed by atoms with Gasteiger partial charge in [0.1, 0.15) is 30.5 Å². The Hall–Kier alpha value is -1.63. The molecule has 0 radical (unpaired) electrons. The molecule has 2 fully saturated rings. The molecule has 4 aliphatic rings. The van der Waals surface area contributed by atoms with Crippen molar-refractivity contribution in [3.63, 3.8) is 0 Å². The normalized spacial score (nSPS) is 28.4. The molecule has 0 aromatic rings. The highest BCUT2D eigenvalue weighted by Gasteiger charge is 2.52. The SMILES string of the molecule is C.CCOC(=O)C1=C[C@H]2OC(CC)(CC)O[C@H]2[C@H](O)C1.CCOC(=O)C1=C[C@H]2OC(CC)(CC)O[C@H]2[C@H](OS(C)(=O)=O)C1.CS(=O)(=O)Cl. The third kappa shape index (κ3) is 12.6. The van der Waals surface area contributed by atoms with E-state index in [0.29, 0.717) is 43.4 Å². The smallest absolute Gasteiger partial charge is 0.333 e. The van der Waals surface area contributed by atoms with Crippen LogP contribution in [-0.4, -0.2) is 108 Å². The van der Waals surface area contributed by atoms with Crippen molar-refractivity contribution >= 4 is 41.8 Å². The maximum Gasteiger partial charge on any atom is 0.333 e. The molecule has 0 amide bonds. The molecule has 1 N–H and O–H groups in total. The first-order valence-corrected chi connectivity index (χ1v) is 20.2. The first-order chi connectivity index (χ1) is 21.8. The maximum atomic E-state index is 12.0. The fourth-order valence-electron chi connectivity index (χ4n) is 5.60. The Labute approximate surface area is 289 Å². The number of fused-ring (bicyclic) bond motifs is 2. The van der Waals surface area contributed by atoms with E-state index in [4.69, 9.17) is 32.6 Å². The van der Waals surface area contributed by atoms with Crippen molar-refractivity contribution in [1.82, 2.24) is 0 Å². The van der Waals surface area contributed by atoms with Crippen LogP contribution in [0.2, 0.25) is 0 Å². The van der Waals surface area contributed by atoms with Crippen molar-refractivity contribution in [3.05, 3.63) is 23.3 Å². The van der Waals surface area contributed by atoms with Gasteiger partial charge in [0.05, 0.1) is 31.8 Å². The van der Waals surface area contributed by atoms with Gasteiger partial charge in [-0.1, -0.05) is 35.1 Å². The van der Waals surface area contributed by atoms with Crippen LogP contribution in [0, 0.1) is 0 Å². The summed E-state index contributed by atoms with van der Waals surface area (Å²) in [7, 11) is -2.38. The van der Waals surface area contributed by atoms with Crippen molar-refractivity contribution in [2.45, 2.75) is 136 Å². The van der Waals surface area contributed by atoms with Crippen LogP contribution in [0.3, 0.4) is 0 Å². The summed E-state index contributed by atoms with van der Waals surface area (Å²) in [5.74, 6) is -2.29. The molecule has 2 aliphatic carbocycles. The maximum absolute atomic E-state index is 12.0. The van der Waals surface area contributed by atoms with Crippen molar-refractivity contribution in [3.8, 4) is 0 Å². The van der Waals surface area contributed by atoms with Crippen molar-refractivity contribution in [2.75, 3.05) is 25.7 Å². The van der Waals surface area contributed by atoms with Gasteiger partial charge >= 0.3 is 11.9 Å². The molecule has 0 aromatic heterocycles. The first kappa shape index (κ1) is 44.4. The van der Waals surface area contributed by atoms with Crippen LogP contribution >= 0.6 is 10.7 Å². The second kappa shape index (κ2) is 18.6. The van der Waals surface area contributed by atoms with Crippen LogP contribution in [-0.2, 0) is 61.4 Å². The van der Waals surface area contributed by atoms with Crippen LogP contribution in [0.4, 0.5) is 0 Å². The highest BCUT2D eigenvalue weighted by Crippen LogP contribution is 2.42. The first-order valence-electron chi connectivity index (χ1n) is 15.7. The zero-order chi connectivity index (χ0) is 35.8. The Bertz CT molecular complexity index is 1340. The van der Waals surface area contributed by atoms with Crippen molar-refractivity contribution in [2.24, 2.45) is 0 Å². The average molecular weight is 749 g/mol. The molecule has 4 rings (SSSR count). The zero-order valence-corrected chi connectivity index (χ0v) is 30.6. The van der Waals surface area contributed by atoms with E-state index in [1.54, 1.807) is 26.0 Å². The molecule has 6 atom stereocenters. The van der Waals surface area contributed by atoms with E-state index < -0.39 is 67.2 Å². The van der Waals surface area contributed by atoms with E-state index >= 15 is 0 Å². The number of rotatable bonds is 10. The molecule has 0 aromatic carbocycles. The van der Waals surface area contributed by atoms with E-state index in [-0.39, 0.29) is 38.9 Å². The van der Waals surface area contributed by atoms with Gasteiger partial charge in [-0.05, 0) is 51.7 Å². The molecule has 2 heterocycles. The summed E-state index contributed by atoms with van der Waals surface area (Å²) >= 11 is 0. The number of halogens is 1. The second-order valence-corrected chi connectivity index (χ2v) is 16.0. The number of aliphatic hydroxyl groups excluding tert-OH is 1. The molecule has 2 saturated heterocycles. The van der Waals surface area contributed by atoms with Gasteiger partial charge in [-0.15, -0.1) is 0 Å². The predicted molar refractivity (Wildman–Crippen MR) is 178 cm³/mol. The quantitative estimate of drug-likeness (QED) is 0.193. The minimum absolute atomic E-state index is 0. The lowest BCUT2D eigenvalue weighted by atomic mass is 9.92. The molecule has 0 spiro atoms. The lowest BCUT2D eigenvalue weighted by molar-refractivity contribution is -0.183. The molecule has 17 heteroatoms. The number of carbonyl (C=O) groups excluding carboxylic acids is 2. The van der Waals surface area contributed by atoms with E-state index in [2.05, 4.69) is 10.7 Å². The largest absolute Gasteiger partial charge is 0.463 e. The van der Waals surface area contributed by atoms with Gasteiger partial charge in [0.2, 0.25) is 9.05 Å². The van der Waals surface area contributed by atoms with Crippen molar-refractivity contribution < 1.29 is 64.1 Å². The van der Waals surface area contributed by atoms with Gasteiger partial charge in [-0.25, -0.2) is 18.0 Å². The summed E-state index contributed by atoms with van der Waals surface area (Å²) < 4.78 is 80.8. The van der Waals surface area contributed by atoms with Gasteiger partial charge < -0.3 is 33.5 Å². The number of hydrogen-bond acceptors (Lipinski definition) is 14. The van der Waals surface area contributed by atoms with E-state index in [1.165, 1.54) is 0 Å². The van der Waals surface area contributed by atoms with Gasteiger partial charge in [-0.2, -0.15) is 8.42 Å². The number of aliphatic hydroxyl groups is 1.